The largest absolute Gasteiger partial charge is 0.381 e. The zero-order valence-electron chi connectivity index (χ0n) is 13.0. The van der Waals surface area contributed by atoms with Gasteiger partial charge >= 0.3 is 0 Å². The van der Waals surface area contributed by atoms with E-state index in [1.54, 1.807) is 6.20 Å². The highest BCUT2D eigenvalue weighted by atomic mass is 16.5. The maximum atomic E-state index is 12.6. The Hall–Kier alpha value is -1.40. The average molecular weight is 304 g/mol. The molecule has 0 unspecified atom stereocenters. The fourth-order valence-corrected chi connectivity index (χ4v) is 3.89. The zero-order chi connectivity index (χ0) is 14.9. The summed E-state index contributed by atoms with van der Waals surface area (Å²) in [5.74, 6) is 1.20. The fraction of sp³-hybridized carbons (Fsp3) is 0.750. The quantitative estimate of drug-likeness (QED) is 0.821. The maximum Gasteiger partial charge on any atom is 0.272 e. The topological polar surface area (TPSA) is 50.6 Å². The molecule has 3 aliphatic heterocycles. The molecule has 0 N–H and O–H groups in total. The zero-order valence-corrected chi connectivity index (χ0v) is 13.0. The van der Waals surface area contributed by atoms with E-state index < -0.39 is 0 Å². The van der Waals surface area contributed by atoms with Crippen molar-refractivity contribution in [2.45, 2.75) is 44.8 Å². The van der Waals surface area contributed by atoms with Gasteiger partial charge in [-0.3, -0.25) is 9.69 Å². The van der Waals surface area contributed by atoms with Crippen LogP contribution in [0.1, 0.15) is 42.0 Å². The van der Waals surface area contributed by atoms with E-state index in [0.29, 0.717) is 6.04 Å². The van der Waals surface area contributed by atoms with Gasteiger partial charge in [-0.05, 0) is 25.7 Å². The second kappa shape index (κ2) is 6.01. The van der Waals surface area contributed by atoms with Gasteiger partial charge in [0, 0.05) is 45.4 Å². The second-order valence-electron chi connectivity index (χ2n) is 6.52. The third kappa shape index (κ3) is 2.54. The molecule has 4 rings (SSSR count). The Morgan fingerprint density at radius 3 is 2.68 bits per heavy atom. The van der Waals surface area contributed by atoms with Crippen LogP contribution in [0.4, 0.5) is 0 Å². The van der Waals surface area contributed by atoms with Crippen LogP contribution in [-0.2, 0) is 17.8 Å². The SMILES string of the molecule is O=C(c1cnc2n1CCN(C1CCOCC1)C2)N1CCCC1. The Bertz CT molecular complexity index is 544. The molecule has 6 nitrogen and oxygen atoms in total. The van der Waals surface area contributed by atoms with Gasteiger partial charge in [-0.1, -0.05) is 0 Å². The van der Waals surface area contributed by atoms with Crippen molar-refractivity contribution in [3.05, 3.63) is 17.7 Å². The fourth-order valence-electron chi connectivity index (χ4n) is 3.89. The normalized spacial score (nSPS) is 23.7. The molecule has 1 aromatic heterocycles. The van der Waals surface area contributed by atoms with E-state index in [1.165, 1.54) is 0 Å². The molecule has 2 saturated heterocycles. The molecule has 0 spiro atoms. The summed E-state index contributed by atoms with van der Waals surface area (Å²) in [6, 6.07) is 0.608. The van der Waals surface area contributed by atoms with Crippen molar-refractivity contribution >= 4 is 5.91 Å². The van der Waals surface area contributed by atoms with Crippen LogP contribution >= 0.6 is 0 Å². The first-order chi connectivity index (χ1) is 10.8. The molecule has 1 aromatic rings. The lowest BCUT2D eigenvalue weighted by molar-refractivity contribution is 0.0232. The van der Waals surface area contributed by atoms with Gasteiger partial charge in [0.2, 0.25) is 0 Å². The van der Waals surface area contributed by atoms with Gasteiger partial charge in [-0.15, -0.1) is 0 Å². The molecule has 0 aliphatic carbocycles. The van der Waals surface area contributed by atoms with Crippen LogP contribution in [-0.4, -0.2) is 64.1 Å². The van der Waals surface area contributed by atoms with Crippen molar-refractivity contribution in [2.24, 2.45) is 0 Å². The Balaban J connectivity index is 1.48. The Morgan fingerprint density at radius 1 is 1.14 bits per heavy atom. The first-order valence-electron chi connectivity index (χ1n) is 8.48. The predicted molar refractivity (Wildman–Crippen MR) is 81.6 cm³/mol. The molecule has 22 heavy (non-hydrogen) atoms. The number of carbonyl (C=O) groups excluding carboxylic acids is 1. The van der Waals surface area contributed by atoms with Crippen molar-refractivity contribution < 1.29 is 9.53 Å². The number of aromatic nitrogens is 2. The van der Waals surface area contributed by atoms with Crippen LogP contribution in [0.15, 0.2) is 6.20 Å². The van der Waals surface area contributed by atoms with Gasteiger partial charge < -0.3 is 14.2 Å². The highest BCUT2D eigenvalue weighted by Gasteiger charge is 2.30. The average Bonchev–Trinajstić information content (AvgIpc) is 3.24. The minimum Gasteiger partial charge on any atom is -0.381 e. The molecule has 0 radical (unpaired) electrons. The molecule has 0 bridgehead atoms. The highest BCUT2D eigenvalue weighted by Crippen LogP contribution is 2.22. The molecule has 4 heterocycles. The first-order valence-corrected chi connectivity index (χ1v) is 8.48. The van der Waals surface area contributed by atoms with Crippen molar-refractivity contribution in [2.75, 3.05) is 32.8 Å². The number of hydrogen-bond acceptors (Lipinski definition) is 4. The second-order valence-corrected chi connectivity index (χ2v) is 6.52. The summed E-state index contributed by atoms with van der Waals surface area (Å²) in [5, 5.41) is 0. The Morgan fingerprint density at radius 2 is 1.91 bits per heavy atom. The van der Waals surface area contributed by atoms with Gasteiger partial charge in [0.05, 0.1) is 12.7 Å². The molecular weight excluding hydrogens is 280 g/mol. The summed E-state index contributed by atoms with van der Waals surface area (Å²) >= 11 is 0. The molecular formula is C16H24N4O2. The number of fused-ring (bicyclic) bond motifs is 1. The highest BCUT2D eigenvalue weighted by molar-refractivity contribution is 5.92. The van der Waals surface area contributed by atoms with Crippen LogP contribution in [0.25, 0.3) is 0 Å². The minimum atomic E-state index is 0.163. The van der Waals surface area contributed by atoms with Crippen molar-refractivity contribution in [1.29, 1.82) is 0 Å². The molecule has 0 atom stereocenters. The third-order valence-corrected chi connectivity index (χ3v) is 5.21. The number of imidazole rings is 1. The molecule has 1 amide bonds. The van der Waals surface area contributed by atoms with E-state index >= 15 is 0 Å². The molecule has 2 fully saturated rings. The molecule has 0 aromatic carbocycles. The van der Waals surface area contributed by atoms with Gasteiger partial charge in [-0.2, -0.15) is 0 Å². The van der Waals surface area contributed by atoms with Crippen LogP contribution < -0.4 is 0 Å². The number of carbonyl (C=O) groups is 1. The van der Waals surface area contributed by atoms with Crippen molar-refractivity contribution in [3.63, 3.8) is 0 Å². The summed E-state index contributed by atoms with van der Waals surface area (Å²) in [5.41, 5.74) is 0.781. The van der Waals surface area contributed by atoms with E-state index in [9.17, 15) is 4.79 Å². The smallest absolute Gasteiger partial charge is 0.272 e. The van der Waals surface area contributed by atoms with Gasteiger partial charge in [0.25, 0.3) is 5.91 Å². The monoisotopic (exact) mass is 304 g/mol. The van der Waals surface area contributed by atoms with E-state index in [4.69, 9.17) is 4.74 Å². The number of ether oxygens (including phenoxy) is 1. The first kappa shape index (κ1) is 14.2. The molecule has 3 aliphatic rings. The summed E-state index contributed by atoms with van der Waals surface area (Å²) < 4.78 is 7.59. The van der Waals surface area contributed by atoms with Crippen molar-refractivity contribution in [1.82, 2.24) is 19.4 Å². The minimum absolute atomic E-state index is 0.163. The number of likely N-dealkylation sites (tertiary alicyclic amines) is 1. The van der Waals surface area contributed by atoms with Gasteiger partial charge in [-0.25, -0.2) is 4.98 Å². The number of rotatable bonds is 2. The van der Waals surface area contributed by atoms with Crippen LogP contribution in [0, 0.1) is 0 Å². The summed E-state index contributed by atoms with van der Waals surface area (Å²) in [6.45, 7) is 6.28. The molecule has 0 saturated carbocycles. The lowest BCUT2D eigenvalue weighted by atomic mass is 10.1. The predicted octanol–water partition coefficient (Wildman–Crippen LogP) is 1.11. The van der Waals surface area contributed by atoms with E-state index in [-0.39, 0.29) is 5.91 Å². The standard InChI is InChI=1S/C16H24N4O2/c21-16(18-5-1-2-6-18)14-11-17-15-12-19(7-8-20(14)15)13-3-9-22-10-4-13/h11,13H,1-10,12H2. The molecule has 6 heteroatoms. The Labute approximate surface area is 131 Å². The van der Waals surface area contributed by atoms with Crippen LogP contribution in [0.2, 0.25) is 0 Å². The van der Waals surface area contributed by atoms with E-state index in [2.05, 4.69) is 14.5 Å². The summed E-state index contributed by atoms with van der Waals surface area (Å²) in [6.07, 6.45) is 6.26. The van der Waals surface area contributed by atoms with Gasteiger partial charge in [0.15, 0.2) is 0 Å². The lowest BCUT2D eigenvalue weighted by Gasteiger charge is -2.37. The van der Waals surface area contributed by atoms with Crippen molar-refractivity contribution in [3.8, 4) is 0 Å². The van der Waals surface area contributed by atoms with E-state index in [1.807, 2.05) is 4.90 Å². The summed E-state index contributed by atoms with van der Waals surface area (Å²) in [7, 11) is 0. The van der Waals surface area contributed by atoms with Gasteiger partial charge in [0.1, 0.15) is 11.5 Å². The number of nitrogens with zero attached hydrogens (tertiary/aromatic N) is 4. The summed E-state index contributed by atoms with van der Waals surface area (Å²) in [4.78, 5) is 21.6. The lowest BCUT2D eigenvalue weighted by Crippen LogP contribution is -2.44. The van der Waals surface area contributed by atoms with E-state index in [0.717, 1.165) is 83.1 Å². The van der Waals surface area contributed by atoms with Crippen LogP contribution in [0.3, 0.4) is 0 Å². The third-order valence-electron chi connectivity index (χ3n) is 5.21. The Kier molecular flexibility index (Phi) is 3.88. The molecule has 120 valence electrons. The maximum absolute atomic E-state index is 12.6. The number of amides is 1. The number of hydrogen-bond donors (Lipinski definition) is 0. The van der Waals surface area contributed by atoms with Crippen LogP contribution in [0.5, 0.6) is 0 Å².